The van der Waals surface area contributed by atoms with Gasteiger partial charge < -0.3 is 10.8 Å². The minimum absolute atomic E-state index is 0.307. The number of aromatic hydroxyl groups is 1. The van der Waals surface area contributed by atoms with Gasteiger partial charge >= 0.3 is 6.18 Å². The number of nitro benzene ring substituents is 1. The number of alkyl halides is 3. The maximum absolute atomic E-state index is 13.0. The number of hydrogen-bond donors (Lipinski definition) is 2. The molecule has 0 aliphatic heterocycles. The van der Waals surface area contributed by atoms with Crippen LogP contribution in [-0.2, 0) is 0 Å². The number of phenolic OH excluding ortho intramolecular Hbond substituents is 1. The number of nitro groups is 1. The molecular weight excluding hydrogens is 248 g/mol. The number of non-ortho nitro benzene ring substituents is 1. The maximum Gasteiger partial charge on any atom is 0.407 e. The van der Waals surface area contributed by atoms with Gasteiger partial charge in [-0.25, -0.2) is 4.39 Å². The van der Waals surface area contributed by atoms with Gasteiger partial charge in [-0.3, -0.25) is 10.1 Å². The lowest BCUT2D eigenvalue weighted by atomic mass is 10.0. The SMILES string of the molecule is N[C@H](c1cc([N+](=O)[O-])cc(F)c1O)C(F)(F)F. The molecule has 3 N–H and O–H groups in total. The first-order chi connectivity index (χ1) is 7.64. The van der Waals surface area contributed by atoms with Gasteiger partial charge in [0.05, 0.1) is 11.0 Å². The van der Waals surface area contributed by atoms with Gasteiger partial charge in [-0.05, 0) is 0 Å². The van der Waals surface area contributed by atoms with E-state index in [1.807, 2.05) is 0 Å². The van der Waals surface area contributed by atoms with E-state index in [-0.39, 0.29) is 0 Å². The number of halogens is 4. The molecule has 0 aliphatic carbocycles. The minimum Gasteiger partial charge on any atom is -0.505 e. The first kappa shape index (κ1) is 13.2. The highest BCUT2D eigenvalue weighted by Crippen LogP contribution is 2.38. The second kappa shape index (κ2) is 4.17. The zero-order chi connectivity index (χ0) is 13.4. The molecule has 0 amide bonds. The van der Waals surface area contributed by atoms with Crippen LogP contribution in [0.3, 0.4) is 0 Å². The Bertz CT molecular complexity index is 461. The Kier molecular flexibility index (Phi) is 3.23. The van der Waals surface area contributed by atoms with Crippen molar-refractivity contribution in [2.45, 2.75) is 12.2 Å². The van der Waals surface area contributed by atoms with Crippen LogP contribution < -0.4 is 5.73 Å². The molecule has 0 bridgehead atoms. The van der Waals surface area contributed by atoms with Crippen molar-refractivity contribution < 1.29 is 27.6 Å². The summed E-state index contributed by atoms with van der Waals surface area (Å²) >= 11 is 0. The van der Waals surface area contributed by atoms with E-state index >= 15 is 0 Å². The lowest BCUT2D eigenvalue weighted by Gasteiger charge is -2.16. The number of phenols is 1. The summed E-state index contributed by atoms with van der Waals surface area (Å²) in [5.41, 5.74) is 2.74. The van der Waals surface area contributed by atoms with Gasteiger partial charge in [0.25, 0.3) is 5.69 Å². The number of hydrogen-bond acceptors (Lipinski definition) is 4. The van der Waals surface area contributed by atoms with Crippen LogP contribution in [0.15, 0.2) is 12.1 Å². The Labute approximate surface area is 91.6 Å². The van der Waals surface area contributed by atoms with Gasteiger partial charge in [0.1, 0.15) is 6.04 Å². The fourth-order valence-corrected chi connectivity index (χ4v) is 1.12. The molecule has 1 atom stereocenters. The Balaban J connectivity index is 3.37. The fraction of sp³-hybridized carbons (Fsp3) is 0.250. The van der Waals surface area contributed by atoms with E-state index < -0.39 is 40.0 Å². The van der Waals surface area contributed by atoms with Crippen LogP contribution in [-0.4, -0.2) is 16.2 Å². The van der Waals surface area contributed by atoms with Crippen LogP contribution in [0.25, 0.3) is 0 Å². The standard InChI is InChI=1S/C8H6F4N2O3/c9-5-2-3(14(16)17)1-4(6(5)15)7(13)8(10,11)12/h1-2,7,15H,13H2/t7-/m1/s1. The summed E-state index contributed by atoms with van der Waals surface area (Å²) < 4.78 is 49.7. The molecule has 0 saturated carbocycles. The Morgan fingerprint density at radius 2 is 1.94 bits per heavy atom. The molecule has 0 heterocycles. The van der Waals surface area contributed by atoms with Gasteiger partial charge in [0.15, 0.2) is 11.6 Å². The first-order valence-electron chi connectivity index (χ1n) is 4.13. The largest absolute Gasteiger partial charge is 0.505 e. The summed E-state index contributed by atoms with van der Waals surface area (Å²) in [7, 11) is 0. The topological polar surface area (TPSA) is 89.4 Å². The average Bonchev–Trinajstić information content (AvgIpc) is 2.19. The predicted octanol–water partition coefficient (Wildman–Crippen LogP) is 2.00. The second-order valence-electron chi connectivity index (χ2n) is 3.14. The van der Waals surface area contributed by atoms with Crippen molar-refractivity contribution >= 4 is 5.69 Å². The Morgan fingerprint density at radius 3 is 2.35 bits per heavy atom. The number of nitrogens with zero attached hydrogens (tertiary/aromatic N) is 1. The van der Waals surface area contributed by atoms with Crippen molar-refractivity contribution in [3.05, 3.63) is 33.6 Å². The minimum atomic E-state index is -4.95. The summed E-state index contributed by atoms with van der Waals surface area (Å²) in [4.78, 5) is 9.24. The van der Waals surface area contributed by atoms with E-state index in [4.69, 9.17) is 10.8 Å². The molecule has 94 valence electrons. The third-order valence-corrected chi connectivity index (χ3v) is 1.98. The molecule has 9 heteroatoms. The molecule has 0 radical (unpaired) electrons. The fourth-order valence-electron chi connectivity index (χ4n) is 1.12. The van der Waals surface area contributed by atoms with Crippen LogP contribution in [0.1, 0.15) is 11.6 Å². The molecule has 1 aromatic carbocycles. The molecule has 17 heavy (non-hydrogen) atoms. The third kappa shape index (κ3) is 2.61. The van der Waals surface area contributed by atoms with Crippen LogP contribution >= 0.6 is 0 Å². The van der Waals surface area contributed by atoms with E-state index in [0.717, 1.165) is 0 Å². The summed E-state index contributed by atoms with van der Waals surface area (Å²) in [5.74, 6) is -2.88. The van der Waals surface area contributed by atoms with Gasteiger partial charge in [-0.15, -0.1) is 0 Å². The maximum atomic E-state index is 13.0. The molecule has 0 unspecified atom stereocenters. The Hall–Kier alpha value is -1.90. The van der Waals surface area contributed by atoms with E-state index in [0.29, 0.717) is 12.1 Å². The molecule has 1 aromatic rings. The van der Waals surface area contributed by atoms with E-state index in [1.165, 1.54) is 0 Å². The average molecular weight is 254 g/mol. The van der Waals surface area contributed by atoms with E-state index in [1.54, 1.807) is 0 Å². The van der Waals surface area contributed by atoms with Gasteiger partial charge in [0, 0.05) is 11.6 Å². The van der Waals surface area contributed by atoms with Crippen molar-refractivity contribution in [2.75, 3.05) is 0 Å². The quantitative estimate of drug-likeness (QED) is 0.480. The zero-order valence-electron chi connectivity index (χ0n) is 8.03. The van der Waals surface area contributed by atoms with Gasteiger partial charge in [-0.2, -0.15) is 13.2 Å². The highest BCUT2D eigenvalue weighted by Gasteiger charge is 2.40. The summed E-state index contributed by atoms with van der Waals surface area (Å²) in [6, 6.07) is -2.00. The highest BCUT2D eigenvalue weighted by atomic mass is 19.4. The molecule has 0 spiro atoms. The Morgan fingerprint density at radius 1 is 1.41 bits per heavy atom. The number of benzene rings is 1. The van der Waals surface area contributed by atoms with Crippen molar-refractivity contribution in [3.63, 3.8) is 0 Å². The smallest absolute Gasteiger partial charge is 0.407 e. The highest BCUT2D eigenvalue weighted by molar-refractivity contribution is 5.46. The van der Waals surface area contributed by atoms with Crippen LogP contribution in [0.4, 0.5) is 23.2 Å². The van der Waals surface area contributed by atoms with Crippen LogP contribution in [0.5, 0.6) is 5.75 Å². The molecular formula is C8H6F4N2O3. The first-order valence-corrected chi connectivity index (χ1v) is 4.13. The van der Waals surface area contributed by atoms with E-state index in [9.17, 15) is 27.7 Å². The molecule has 0 fully saturated rings. The third-order valence-electron chi connectivity index (χ3n) is 1.98. The summed E-state index contributed by atoms with van der Waals surface area (Å²) in [5, 5.41) is 19.4. The monoisotopic (exact) mass is 254 g/mol. The molecule has 0 aromatic heterocycles. The molecule has 1 rings (SSSR count). The van der Waals surface area contributed by atoms with Crippen LogP contribution in [0.2, 0.25) is 0 Å². The second-order valence-corrected chi connectivity index (χ2v) is 3.14. The van der Waals surface area contributed by atoms with Crippen molar-refractivity contribution in [1.29, 1.82) is 0 Å². The van der Waals surface area contributed by atoms with Crippen molar-refractivity contribution in [3.8, 4) is 5.75 Å². The predicted molar refractivity (Wildman–Crippen MR) is 47.7 cm³/mol. The van der Waals surface area contributed by atoms with Crippen molar-refractivity contribution in [2.24, 2.45) is 5.73 Å². The summed E-state index contributed by atoms with van der Waals surface area (Å²) in [6.45, 7) is 0. The number of rotatable bonds is 2. The molecule has 5 nitrogen and oxygen atoms in total. The van der Waals surface area contributed by atoms with Crippen LogP contribution in [0, 0.1) is 15.9 Å². The molecule has 0 saturated heterocycles. The summed E-state index contributed by atoms with van der Waals surface area (Å²) in [6.07, 6.45) is -4.95. The zero-order valence-corrected chi connectivity index (χ0v) is 8.03. The number of nitrogens with two attached hydrogens (primary N) is 1. The van der Waals surface area contributed by atoms with Gasteiger partial charge in [-0.1, -0.05) is 0 Å². The lowest BCUT2D eigenvalue weighted by molar-refractivity contribution is -0.385. The van der Waals surface area contributed by atoms with Crippen molar-refractivity contribution in [1.82, 2.24) is 0 Å². The lowest BCUT2D eigenvalue weighted by Crippen LogP contribution is -2.28. The van der Waals surface area contributed by atoms with E-state index in [2.05, 4.69) is 0 Å². The normalized spacial score (nSPS) is 13.5. The van der Waals surface area contributed by atoms with Gasteiger partial charge in [0.2, 0.25) is 0 Å². The molecule has 0 aliphatic rings.